The minimum Gasteiger partial charge on any atom is -0.492 e. The molecule has 2 aromatic carbocycles. The average Bonchev–Trinajstić information content (AvgIpc) is 2.60. The molecule has 25 heavy (non-hydrogen) atoms. The third-order valence-electron chi connectivity index (χ3n) is 4.07. The van der Waals surface area contributed by atoms with Crippen LogP contribution in [-0.2, 0) is 4.74 Å². The van der Waals surface area contributed by atoms with Gasteiger partial charge in [-0.25, -0.2) is 9.18 Å². The zero-order chi connectivity index (χ0) is 18.0. The number of fused-ring (bicyclic) bond motifs is 1. The Kier molecular flexibility index (Phi) is 5.54. The van der Waals surface area contributed by atoms with Crippen LogP contribution in [-0.4, -0.2) is 19.7 Å². The molecule has 0 saturated carbocycles. The van der Waals surface area contributed by atoms with Gasteiger partial charge >= 0.3 is 5.97 Å². The Hall–Kier alpha value is -1.73. The molecule has 1 atom stereocenters. The molecule has 1 heterocycles. The molecule has 1 aliphatic rings. The summed E-state index contributed by atoms with van der Waals surface area (Å²) in [6.45, 7) is 2.68. The van der Waals surface area contributed by atoms with Gasteiger partial charge in [0.2, 0.25) is 0 Å². The highest BCUT2D eigenvalue weighted by Crippen LogP contribution is 2.41. The Morgan fingerprint density at radius 1 is 1.40 bits per heavy atom. The molecule has 0 aliphatic carbocycles. The number of methoxy groups -OCH3 is 1. The van der Waals surface area contributed by atoms with E-state index in [-0.39, 0.29) is 5.82 Å². The quantitative estimate of drug-likeness (QED) is 0.526. The average molecular weight is 426 g/mol. The van der Waals surface area contributed by atoms with Gasteiger partial charge in [0, 0.05) is 9.37 Å². The third-order valence-corrected chi connectivity index (χ3v) is 5.89. The maximum Gasteiger partial charge on any atom is 0.343 e. The number of rotatable bonds is 4. The largest absolute Gasteiger partial charge is 0.492 e. The van der Waals surface area contributed by atoms with E-state index in [4.69, 9.17) is 9.47 Å². The maximum absolute atomic E-state index is 13.2. The van der Waals surface area contributed by atoms with Crippen molar-refractivity contribution in [3.63, 3.8) is 0 Å². The highest BCUT2D eigenvalue weighted by atomic mass is 79.9. The molecule has 0 spiro atoms. The minimum absolute atomic E-state index is 0.317. The summed E-state index contributed by atoms with van der Waals surface area (Å²) in [7, 11) is 1.35. The fraction of sp³-hybridized carbons (Fsp3) is 0.278. The molecule has 3 rings (SSSR count). The van der Waals surface area contributed by atoms with Crippen LogP contribution < -0.4 is 9.46 Å². The lowest BCUT2D eigenvalue weighted by atomic mass is 9.92. The van der Waals surface area contributed by atoms with Crippen molar-refractivity contribution >= 4 is 39.5 Å². The van der Waals surface area contributed by atoms with Gasteiger partial charge < -0.3 is 14.2 Å². The van der Waals surface area contributed by atoms with Crippen LogP contribution in [0.15, 0.2) is 39.7 Å². The molecule has 0 radical (unpaired) electrons. The number of hydrogen-bond acceptors (Lipinski definition) is 5. The lowest BCUT2D eigenvalue weighted by Gasteiger charge is -2.26. The Morgan fingerprint density at radius 3 is 2.92 bits per heavy atom. The molecule has 0 saturated heterocycles. The molecule has 4 nitrogen and oxygen atoms in total. The van der Waals surface area contributed by atoms with Crippen LogP contribution in [0.4, 0.5) is 10.1 Å². The molecule has 0 amide bonds. The van der Waals surface area contributed by atoms with Crippen molar-refractivity contribution in [2.24, 2.45) is 0 Å². The predicted molar refractivity (Wildman–Crippen MR) is 99.9 cm³/mol. The Morgan fingerprint density at radius 2 is 2.20 bits per heavy atom. The molecule has 0 aromatic heterocycles. The van der Waals surface area contributed by atoms with Crippen molar-refractivity contribution in [3.8, 4) is 5.75 Å². The molecule has 1 N–H and O–H groups in total. The summed E-state index contributed by atoms with van der Waals surface area (Å²) in [4.78, 5) is 13.1. The second-order valence-corrected chi connectivity index (χ2v) is 7.42. The third kappa shape index (κ3) is 3.77. The van der Waals surface area contributed by atoms with Gasteiger partial charge in [-0.15, -0.1) is 0 Å². The zero-order valence-electron chi connectivity index (χ0n) is 13.8. The predicted octanol–water partition coefficient (Wildman–Crippen LogP) is 5.38. The second-order valence-electron chi connectivity index (χ2n) is 5.72. The van der Waals surface area contributed by atoms with Crippen LogP contribution in [0.2, 0.25) is 0 Å². The van der Waals surface area contributed by atoms with Crippen LogP contribution in [0.1, 0.15) is 35.2 Å². The van der Waals surface area contributed by atoms with E-state index in [1.165, 1.54) is 31.2 Å². The van der Waals surface area contributed by atoms with Gasteiger partial charge in [0.05, 0.1) is 19.4 Å². The van der Waals surface area contributed by atoms with Crippen LogP contribution in [0, 0.1) is 5.82 Å². The molecule has 1 unspecified atom stereocenters. The van der Waals surface area contributed by atoms with Crippen LogP contribution >= 0.6 is 27.9 Å². The van der Waals surface area contributed by atoms with Crippen molar-refractivity contribution in [3.05, 3.63) is 51.7 Å². The van der Waals surface area contributed by atoms with E-state index in [9.17, 15) is 9.18 Å². The van der Waals surface area contributed by atoms with E-state index in [0.717, 1.165) is 16.9 Å². The first kappa shape index (κ1) is 18.1. The number of hydrogen-bond donors (Lipinski definition) is 1. The Labute approximate surface area is 158 Å². The van der Waals surface area contributed by atoms with E-state index in [2.05, 4.69) is 27.6 Å². The molecule has 132 valence electrons. The number of carbonyl (C=O) groups excluding carboxylic acids is 1. The molecule has 7 heteroatoms. The number of anilines is 1. The number of esters is 1. The maximum atomic E-state index is 13.2. The van der Waals surface area contributed by atoms with E-state index >= 15 is 0 Å². The van der Waals surface area contributed by atoms with Gasteiger partial charge in [0.25, 0.3) is 0 Å². The lowest BCUT2D eigenvalue weighted by Crippen LogP contribution is -2.17. The fourth-order valence-corrected chi connectivity index (χ4v) is 3.97. The number of nitrogens with one attached hydrogen (secondary N) is 1. The Balaban J connectivity index is 1.94. The number of carbonyl (C=O) groups is 1. The van der Waals surface area contributed by atoms with E-state index in [1.54, 1.807) is 6.07 Å². The van der Waals surface area contributed by atoms with Gasteiger partial charge in [0.1, 0.15) is 17.1 Å². The van der Waals surface area contributed by atoms with Crippen LogP contribution in [0.5, 0.6) is 5.75 Å². The summed E-state index contributed by atoms with van der Waals surface area (Å²) in [5, 5.41) is 0. The summed E-state index contributed by atoms with van der Waals surface area (Å²) in [6.07, 6.45) is 0.914. The van der Waals surface area contributed by atoms with Gasteiger partial charge in [-0.05, 0) is 70.0 Å². The molecule has 0 bridgehead atoms. The van der Waals surface area contributed by atoms with Gasteiger partial charge in [-0.2, -0.15) is 0 Å². The summed E-state index contributed by atoms with van der Waals surface area (Å²) < 4.78 is 27.7. The smallest absolute Gasteiger partial charge is 0.343 e. The lowest BCUT2D eigenvalue weighted by molar-refractivity contribution is 0.0596. The monoisotopic (exact) mass is 425 g/mol. The summed E-state index contributed by atoms with van der Waals surface area (Å²) in [6, 6.07) is 8.25. The van der Waals surface area contributed by atoms with Gasteiger partial charge in [-0.3, -0.25) is 0 Å². The van der Waals surface area contributed by atoms with E-state index < -0.39 is 5.97 Å². The molecule has 2 aromatic rings. The standard InChI is InChI=1S/C18H17BrFNO3S/c1-10-7-8-24-17-12(10)4-5-14(16(17)18(22)23-2)21-25-15-6-3-11(20)9-13(15)19/h3-6,9-10,21H,7-8H2,1-2H3. The fourth-order valence-electron chi connectivity index (χ4n) is 2.69. The highest BCUT2D eigenvalue weighted by Gasteiger charge is 2.27. The van der Waals surface area contributed by atoms with Crippen molar-refractivity contribution < 1.29 is 18.7 Å². The molecule has 1 aliphatic heterocycles. The number of halogens is 2. The highest BCUT2D eigenvalue weighted by molar-refractivity contribution is 9.10. The summed E-state index contributed by atoms with van der Waals surface area (Å²) in [5.41, 5.74) is 1.99. The zero-order valence-corrected chi connectivity index (χ0v) is 16.2. The van der Waals surface area contributed by atoms with Crippen molar-refractivity contribution in [2.45, 2.75) is 24.2 Å². The van der Waals surface area contributed by atoms with Crippen LogP contribution in [0.3, 0.4) is 0 Å². The van der Waals surface area contributed by atoms with Crippen LogP contribution in [0.25, 0.3) is 0 Å². The topological polar surface area (TPSA) is 47.6 Å². The van der Waals surface area contributed by atoms with Crippen molar-refractivity contribution in [2.75, 3.05) is 18.4 Å². The van der Waals surface area contributed by atoms with Crippen molar-refractivity contribution in [1.29, 1.82) is 0 Å². The summed E-state index contributed by atoms with van der Waals surface area (Å²) in [5.74, 6) is 0.129. The molecular weight excluding hydrogens is 409 g/mol. The van der Waals surface area contributed by atoms with Gasteiger partial charge in [-0.1, -0.05) is 13.0 Å². The molecular formula is C18H17BrFNO3S. The van der Waals surface area contributed by atoms with Gasteiger partial charge in [0.15, 0.2) is 0 Å². The van der Waals surface area contributed by atoms with E-state index in [0.29, 0.717) is 34.0 Å². The first-order valence-corrected chi connectivity index (χ1v) is 9.38. The van der Waals surface area contributed by atoms with E-state index in [1.807, 2.05) is 12.1 Å². The SMILES string of the molecule is COC(=O)c1c(NSc2ccc(F)cc2Br)ccc2c1OCCC2C. The number of benzene rings is 2. The first-order chi connectivity index (χ1) is 12.0. The first-order valence-electron chi connectivity index (χ1n) is 7.77. The number of ether oxygens (including phenoxy) is 2. The summed E-state index contributed by atoms with van der Waals surface area (Å²) >= 11 is 4.61. The normalized spacial score (nSPS) is 15.9. The second kappa shape index (κ2) is 7.66. The Bertz CT molecular complexity index is 815. The minimum atomic E-state index is -0.452. The van der Waals surface area contributed by atoms with Crippen molar-refractivity contribution in [1.82, 2.24) is 0 Å². The molecule has 0 fully saturated rings.